The van der Waals surface area contributed by atoms with Crippen LogP contribution in [0.25, 0.3) is 0 Å². The van der Waals surface area contributed by atoms with Crippen molar-refractivity contribution in [1.82, 2.24) is 10.6 Å². The summed E-state index contributed by atoms with van der Waals surface area (Å²) >= 11 is 1.39. The van der Waals surface area contributed by atoms with E-state index in [9.17, 15) is 9.59 Å². The Kier molecular flexibility index (Phi) is 5.20. The van der Waals surface area contributed by atoms with Crippen molar-refractivity contribution >= 4 is 23.0 Å². The van der Waals surface area contributed by atoms with E-state index in [0.29, 0.717) is 28.5 Å². The fourth-order valence-electron chi connectivity index (χ4n) is 2.87. The highest BCUT2D eigenvalue weighted by Crippen LogP contribution is 2.18. The lowest BCUT2D eigenvalue weighted by Gasteiger charge is -2.11. The lowest BCUT2D eigenvalue weighted by molar-refractivity contribution is 0.0940. The molecule has 0 saturated carbocycles. The van der Waals surface area contributed by atoms with E-state index in [-0.39, 0.29) is 11.7 Å². The quantitative estimate of drug-likeness (QED) is 0.802. The summed E-state index contributed by atoms with van der Waals surface area (Å²) in [7, 11) is 0. The summed E-state index contributed by atoms with van der Waals surface area (Å²) in [6, 6.07) is 10.7. The summed E-state index contributed by atoms with van der Waals surface area (Å²) < 4.78 is 0. The van der Waals surface area contributed by atoms with Gasteiger partial charge in [0.05, 0.1) is 10.4 Å². The molecule has 1 amide bonds. The van der Waals surface area contributed by atoms with Gasteiger partial charge in [0, 0.05) is 12.1 Å². The highest BCUT2D eigenvalue weighted by Gasteiger charge is 2.19. The molecule has 1 aliphatic heterocycles. The number of hydrogen-bond donors (Lipinski definition) is 2. The monoisotopic (exact) mass is 328 g/mol. The van der Waals surface area contributed by atoms with E-state index < -0.39 is 0 Å². The zero-order valence-electron chi connectivity index (χ0n) is 12.9. The molecular weight excluding hydrogens is 308 g/mol. The normalized spacial score (nSPS) is 17.1. The SMILES string of the molecule is O=C(NCCC1CCNC1)c1ccccc1C(=O)c1cccs1. The highest BCUT2D eigenvalue weighted by molar-refractivity contribution is 7.12. The molecule has 1 aromatic heterocycles. The highest BCUT2D eigenvalue weighted by atomic mass is 32.1. The Balaban J connectivity index is 1.67. The lowest BCUT2D eigenvalue weighted by Crippen LogP contribution is -2.28. The molecule has 1 saturated heterocycles. The first-order valence-corrected chi connectivity index (χ1v) is 8.80. The van der Waals surface area contributed by atoms with Crippen LogP contribution >= 0.6 is 11.3 Å². The van der Waals surface area contributed by atoms with E-state index in [2.05, 4.69) is 10.6 Å². The van der Waals surface area contributed by atoms with Gasteiger partial charge in [-0.3, -0.25) is 9.59 Å². The molecule has 5 heteroatoms. The first-order valence-electron chi connectivity index (χ1n) is 7.92. The van der Waals surface area contributed by atoms with E-state index in [4.69, 9.17) is 0 Å². The van der Waals surface area contributed by atoms with Gasteiger partial charge in [0.15, 0.2) is 0 Å². The molecule has 1 aromatic carbocycles. The van der Waals surface area contributed by atoms with Crippen LogP contribution in [-0.4, -0.2) is 31.3 Å². The predicted molar refractivity (Wildman–Crippen MR) is 92.1 cm³/mol. The summed E-state index contributed by atoms with van der Waals surface area (Å²) in [5, 5.41) is 8.14. The van der Waals surface area contributed by atoms with E-state index >= 15 is 0 Å². The molecule has 0 spiro atoms. The van der Waals surface area contributed by atoms with Crippen molar-refractivity contribution in [2.75, 3.05) is 19.6 Å². The van der Waals surface area contributed by atoms with Crippen molar-refractivity contribution < 1.29 is 9.59 Å². The van der Waals surface area contributed by atoms with Gasteiger partial charge in [-0.15, -0.1) is 11.3 Å². The Morgan fingerprint density at radius 2 is 2.00 bits per heavy atom. The van der Waals surface area contributed by atoms with Crippen molar-refractivity contribution in [3.63, 3.8) is 0 Å². The second-order valence-electron chi connectivity index (χ2n) is 5.76. The maximum absolute atomic E-state index is 12.5. The Morgan fingerprint density at radius 3 is 2.70 bits per heavy atom. The Bertz CT molecular complexity index is 676. The molecular formula is C18H20N2O2S. The van der Waals surface area contributed by atoms with Crippen molar-refractivity contribution in [3.05, 3.63) is 57.8 Å². The minimum absolute atomic E-state index is 0.0919. The van der Waals surface area contributed by atoms with E-state index in [0.717, 1.165) is 19.5 Å². The van der Waals surface area contributed by atoms with Gasteiger partial charge in [-0.2, -0.15) is 0 Å². The molecule has 1 atom stereocenters. The third-order valence-electron chi connectivity index (χ3n) is 4.16. The molecule has 0 bridgehead atoms. The molecule has 1 fully saturated rings. The summed E-state index contributed by atoms with van der Waals surface area (Å²) in [5.41, 5.74) is 0.922. The zero-order valence-corrected chi connectivity index (χ0v) is 13.7. The third kappa shape index (κ3) is 3.86. The summed E-state index contributed by atoms with van der Waals surface area (Å²) in [6.45, 7) is 2.74. The fraction of sp³-hybridized carbons (Fsp3) is 0.333. The zero-order chi connectivity index (χ0) is 16.1. The summed E-state index contributed by atoms with van der Waals surface area (Å²) in [5.74, 6) is 0.375. The van der Waals surface area contributed by atoms with Gasteiger partial charge in [-0.05, 0) is 49.4 Å². The second kappa shape index (κ2) is 7.53. The van der Waals surface area contributed by atoms with Gasteiger partial charge in [-0.1, -0.05) is 24.3 Å². The van der Waals surface area contributed by atoms with Crippen molar-refractivity contribution in [2.45, 2.75) is 12.8 Å². The van der Waals surface area contributed by atoms with Gasteiger partial charge in [0.2, 0.25) is 5.78 Å². The van der Waals surface area contributed by atoms with Crippen molar-refractivity contribution in [2.24, 2.45) is 5.92 Å². The molecule has 2 aromatic rings. The van der Waals surface area contributed by atoms with E-state index in [1.807, 2.05) is 11.4 Å². The number of carbonyl (C=O) groups excluding carboxylic acids is 2. The third-order valence-corrected chi connectivity index (χ3v) is 5.03. The van der Waals surface area contributed by atoms with Crippen molar-refractivity contribution in [3.8, 4) is 0 Å². The molecule has 0 aliphatic carbocycles. The van der Waals surface area contributed by atoms with Crippen LogP contribution in [0.15, 0.2) is 41.8 Å². The number of nitrogens with one attached hydrogen (secondary N) is 2. The number of ketones is 1. The molecule has 1 aliphatic rings. The standard InChI is InChI=1S/C18H20N2O2S/c21-17(16-6-3-11-23-16)14-4-1-2-5-15(14)18(22)20-10-8-13-7-9-19-12-13/h1-6,11,13,19H,7-10,12H2,(H,20,22). The van der Waals surface area contributed by atoms with Gasteiger partial charge in [0.1, 0.15) is 0 Å². The molecule has 2 N–H and O–H groups in total. The maximum atomic E-state index is 12.5. The van der Waals surface area contributed by atoms with Crippen LogP contribution in [0.1, 0.15) is 38.4 Å². The Hall–Kier alpha value is -1.98. The predicted octanol–water partition coefficient (Wildman–Crippen LogP) is 2.71. The Labute approximate surface area is 139 Å². The van der Waals surface area contributed by atoms with Crippen LogP contribution in [0.2, 0.25) is 0 Å². The van der Waals surface area contributed by atoms with Crippen LogP contribution < -0.4 is 10.6 Å². The first-order chi connectivity index (χ1) is 11.3. The first kappa shape index (κ1) is 15.9. The average Bonchev–Trinajstić information content (AvgIpc) is 3.27. The number of amides is 1. The number of thiophene rings is 1. The largest absolute Gasteiger partial charge is 0.352 e. The van der Waals surface area contributed by atoms with Crippen LogP contribution in [-0.2, 0) is 0 Å². The van der Waals surface area contributed by atoms with Gasteiger partial charge in [0.25, 0.3) is 5.91 Å². The smallest absolute Gasteiger partial charge is 0.252 e. The van der Waals surface area contributed by atoms with Gasteiger partial charge < -0.3 is 10.6 Å². The van der Waals surface area contributed by atoms with E-state index in [1.165, 1.54) is 17.8 Å². The minimum atomic E-state index is -0.170. The van der Waals surface area contributed by atoms with Gasteiger partial charge >= 0.3 is 0 Å². The lowest BCUT2D eigenvalue weighted by atomic mass is 10.0. The van der Waals surface area contributed by atoms with Gasteiger partial charge in [-0.25, -0.2) is 0 Å². The number of rotatable bonds is 6. The maximum Gasteiger partial charge on any atom is 0.252 e. The molecule has 23 heavy (non-hydrogen) atoms. The Morgan fingerprint density at radius 1 is 1.17 bits per heavy atom. The molecule has 0 radical (unpaired) electrons. The number of benzene rings is 1. The van der Waals surface area contributed by atoms with Crippen LogP contribution in [0.3, 0.4) is 0 Å². The second-order valence-corrected chi connectivity index (χ2v) is 6.70. The minimum Gasteiger partial charge on any atom is -0.352 e. The molecule has 120 valence electrons. The summed E-state index contributed by atoms with van der Waals surface area (Å²) in [6.07, 6.45) is 2.14. The molecule has 2 heterocycles. The fourth-order valence-corrected chi connectivity index (χ4v) is 3.54. The molecule has 4 nitrogen and oxygen atoms in total. The molecule has 1 unspecified atom stereocenters. The van der Waals surface area contributed by atoms with Crippen molar-refractivity contribution in [1.29, 1.82) is 0 Å². The molecule has 3 rings (SSSR count). The number of carbonyl (C=O) groups is 2. The van der Waals surface area contributed by atoms with Crippen LogP contribution in [0, 0.1) is 5.92 Å². The number of hydrogen-bond acceptors (Lipinski definition) is 4. The van der Waals surface area contributed by atoms with Crippen LogP contribution in [0.4, 0.5) is 0 Å². The average molecular weight is 328 g/mol. The van der Waals surface area contributed by atoms with E-state index in [1.54, 1.807) is 30.3 Å². The topological polar surface area (TPSA) is 58.2 Å². The summed E-state index contributed by atoms with van der Waals surface area (Å²) in [4.78, 5) is 25.6. The van der Waals surface area contributed by atoms with Crippen LogP contribution in [0.5, 0.6) is 0 Å².